The third-order valence-electron chi connectivity index (χ3n) is 1.45. The number of amidine groups is 1. The van der Waals surface area contributed by atoms with Crippen molar-refractivity contribution in [1.82, 2.24) is 4.98 Å². The van der Waals surface area contributed by atoms with Crippen molar-refractivity contribution in [2.75, 3.05) is 0 Å². The minimum Gasteiger partial charge on any atom is -0.382 e. The summed E-state index contributed by atoms with van der Waals surface area (Å²) < 4.78 is 1.75. The molecule has 0 aliphatic rings. The summed E-state index contributed by atoms with van der Waals surface area (Å²) >= 11 is 6.71. The zero-order valence-electron chi connectivity index (χ0n) is 7.96. The van der Waals surface area contributed by atoms with Crippen LogP contribution in [0.5, 0.6) is 0 Å². The second-order valence-electron chi connectivity index (χ2n) is 3.09. The predicted octanol–water partition coefficient (Wildman–Crippen LogP) is 2.72. The molecule has 0 saturated heterocycles. The van der Waals surface area contributed by atoms with Gasteiger partial charge < -0.3 is 5.73 Å². The molecule has 0 fully saturated rings. The summed E-state index contributed by atoms with van der Waals surface area (Å²) in [6, 6.07) is 2.07. The smallest absolute Gasteiger partial charge is 0.146 e. The van der Waals surface area contributed by atoms with Gasteiger partial charge in [0, 0.05) is 21.2 Å². The van der Waals surface area contributed by atoms with E-state index in [9.17, 15) is 0 Å². The van der Waals surface area contributed by atoms with E-state index >= 15 is 0 Å². The molecule has 5 heteroatoms. The Balaban J connectivity index is 3.07. The molecule has 0 bridgehead atoms. The lowest BCUT2D eigenvalue weighted by Gasteiger charge is -2.04. The SMILES string of the molecule is CC(C)N=C(N)c1ncc(Br)cc1Br. The lowest BCUT2D eigenvalue weighted by atomic mass is 10.3. The van der Waals surface area contributed by atoms with Gasteiger partial charge >= 0.3 is 0 Å². The molecule has 1 heterocycles. The molecular formula is C9H11Br2N3. The quantitative estimate of drug-likeness (QED) is 0.673. The third-order valence-corrected chi connectivity index (χ3v) is 2.49. The maximum Gasteiger partial charge on any atom is 0.146 e. The second kappa shape index (κ2) is 4.89. The largest absolute Gasteiger partial charge is 0.382 e. The number of nitrogens with zero attached hydrogens (tertiary/aromatic N) is 2. The number of aromatic nitrogens is 1. The van der Waals surface area contributed by atoms with Crippen molar-refractivity contribution in [3.8, 4) is 0 Å². The lowest BCUT2D eigenvalue weighted by Crippen LogP contribution is -2.17. The fourth-order valence-corrected chi connectivity index (χ4v) is 2.13. The Bertz CT molecular complexity index is 361. The van der Waals surface area contributed by atoms with Crippen LogP contribution in [0.1, 0.15) is 19.5 Å². The molecule has 0 unspecified atom stereocenters. The van der Waals surface area contributed by atoms with Gasteiger partial charge in [-0.25, -0.2) is 0 Å². The fourth-order valence-electron chi connectivity index (χ4n) is 0.942. The van der Waals surface area contributed by atoms with Crippen LogP contribution in [0.15, 0.2) is 26.2 Å². The van der Waals surface area contributed by atoms with E-state index in [0.717, 1.165) is 8.95 Å². The highest BCUT2D eigenvalue weighted by Gasteiger charge is 2.06. The lowest BCUT2D eigenvalue weighted by molar-refractivity contribution is 0.833. The van der Waals surface area contributed by atoms with E-state index in [0.29, 0.717) is 11.5 Å². The van der Waals surface area contributed by atoms with E-state index in [2.05, 4.69) is 41.8 Å². The number of nitrogens with two attached hydrogens (primary N) is 1. The molecule has 2 N–H and O–H groups in total. The van der Waals surface area contributed by atoms with E-state index in [1.165, 1.54) is 0 Å². The number of hydrogen-bond donors (Lipinski definition) is 1. The number of hydrogen-bond acceptors (Lipinski definition) is 2. The van der Waals surface area contributed by atoms with E-state index in [1.807, 2.05) is 19.9 Å². The molecule has 0 saturated carbocycles. The zero-order valence-corrected chi connectivity index (χ0v) is 11.1. The van der Waals surface area contributed by atoms with Crippen molar-refractivity contribution < 1.29 is 0 Å². The molecule has 14 heavy (non-hydrogen) atoms. The molecule has 0 aliphatic heterocycles. The number of aliphatic imine (C=N–C) groups is 1. The fraction of sp³-hybridized carbons (Fsp3) is 0.333. The van der Waals surface area contributed by atoms with Crippen LogP contribution in [0, 0.1) is 0 Å². The highest BCUT2D eigenvalue weighted by Crippen LogP contribution is 2.19. The molecule has 0 atom stereocenters. The van der Waals surface area contributed by atoms with Crippen LogP contribution in [0.2, 0.25) is 0 Å². The van der Waals surface area contributed by atoms with Crippen molar-refractivity contribution in [3.63, 3.8) is 0 Å². The van der Waals surface area contributed by atoms with Gasteiger partial charge in [0.2, 0.25) is 0 Å². The first-order chi connectivity index (χ1) is 6.50. The molecule has 1 aromatic heterocycles. The monoisotopic (exact) mass is 319 g/mol. The van der Waals surface area contributed by atoms with Gasteiger partial charge in [0.25, 0.3) is 0 Å². The minimum atomic E-state index is 0.173. The first-order valence-corrected chi connectivity index (χ1v) is 5.74. The van der Waals surface area contributed by atoms with Crippen LogP contribution in [-0.2, 0) is 0 Å². The maximum atomic E-state index is 5.79. The van der Waals surface area contributed by atoms with Gasteiger partial charge in [-0.3, -0.25) is 9.98 Å². The van der Waals surface area contributed by atoms with Crippen LogP contribution >= 0.6 is 31.9 Å². The molecule has 0 radical (unpaired) electrons. The number of halogens is 2. The minimum absolute atomic E-state index is 0.173. The summed E-state index contributed by atoms with van der Waals surface area (Å²) in [6.45, 7) is 3.94. The zero-order chi connectivity index (χ0) is 10.7. The van der Waals surface area contributed by atoms with Crippen LogP contribution in [-0.4, -0.2) is 16.9 Å². The summed E-state index contributed by atoms with van der Waals surface area (Å²) in [5.41, 5.74) is 6.47. The summed E-state index contributed by atoms with van der Waals surface area (Å²) in [5, 5.41) is 0. The summed E-state index contributed by atoms with van der Waals surface area (Å²) in [7, 11) is 0. The summed E-state index contributed by atoms with van der Waals surface area (Å²) in [4.78, 5) is 8.41. The van der Waals surface area contributed by atoms with E-state index in [1.54, 1.807) is 6.20 Å². The topological polar surface area (TPSA) is 51.3 Å². The normalized spacial score (nSPS) is 12.2. The Morgan fingerprint density at radius 2 is 2.14 bits per heavy atom. The van der Waals surface area contributed by atoms with Gasteiger partial charge in [-0.15, -0.1) is 0 Å². The van der Waals surface area contributed by atoms with Gasteiger partial charge in [0.1, 0.15) is 11.5 Å². The average Bonchev–Trinajstić information content (AvgIpc) is 2.01. The van der Waals surface area contributed by atoms with Crippen molar-refractivity contribution in [1.29, 1.82) is 0 Å². The first-order valence-electron chi connectivity index (χ1n) is 4.15. The molecule has 1 aromatic rings. The Kier molecular flexibility index (Phi) is 4.07. The van der Waals surface area contributed by atoms with Gasteiger partial charge in [-0.05, 0) is 51.8 Å². The summed E-state index contributed by atoms with van der Waals surface area (Å²) in [5.74, 6) is 0.458. The van der Waals surface area contributed by atoms with Crippen molar-refractivity contribution in [2.45, 2.75) is 19.9 Å². The third kappa shape index (κ3) is 3.06. The van der Waals surface area contributed by atoms with E-state index in [4.69, 9.17) is 5.73 Å². The first kappa shape index (κ1) is 11.7. The van der Waals surface area contributed by atoms with Crippen LogP contribution in [0.25, 0.3) is 0 Å². The maximum absolute atomic E-state index is 5.79. The van der Waals surface area contributed by atoms with E-state index < -0.39 is 0 Å². The van der Waals surface area contributed by atoms with Crippen molar-refractivity contribution in [2.24, 2.45) is 10.7 Å². The highest BCUT2D eigenvalue weighted by molar-refractivity contribution is 9.11. The van der Waals surface area contributed by atoms with E-state index in [-0.39, 0.29) is 6.04 Å². The molecular weight excluding hydrogens is 310 g/mol. The Morgan fingerprint density at radius 3 is 2.64 bits per heavy atom. The standard InChI is InChI=1S/C9H11Br2N3/c1-5(2)14-9(12)8-7(11)3-6(10)4-13-8/h3-5H,1-2H3,(H2,12,14). The molecule has 0 spiro atoms. The number of rotatable bonds is 2. The van der Waals surface area contributed by atoms with Crippen molar-refractivity contribution in [3.05, 3.63) is 26.9 Å². The van der Waals surface area contributed by atoms with Gasteiger partial charge in [0.15, 0.2) is 0 Å². The highest BCUT2D eigenvalue weighted by atomic mass is 79.9. The summed E-state index contributed by atoms with van der Waals surface area (Å²) in [6.07, 6.45) is 1.70. The van der Waals surface area contributed by atoms with Crippen LogP contribution in [0.3, 0.4) is 0 Å². The molecule has 1 rings (SSSR count). The predicted molar refractivity (Wildman–Crippen MR) is 65.5 cm³/mol. The molecule has 76 valence electrons. The second-order valence-corrected chi connectivity index (χ2v) is 4.86. The van der Waals surface area contributed by atoms with Gasteiger partial charge in [-0.1, -0.05) is 0 Å². The van der Waals surface area contributed by atoms with Crippen LogP contribution < -0.4 is 5.73 Å². The van der Waals surface area contributed by atoms with Crippen LogP contribution in [0.4, 0.5) is 0 Å². The number of pyridine rings is 1. The van der Waals surface area contributed by atoms with Gasteiger partial charge in [0.05, 0.1) is 0 Å². The Morgan fingerprint density at radius 1 is 1.50 bits per heavy atom. The van der Waals surface area contributed by atoms with Crippen molar-refractivity contribution >= 4 is 37.7 Å². The molecule has 0 aliphatic carbocycles. The average molecular weight is 321 g/mol. The Hall–Kier alpha value is -0.420. The molecule has 0 amide bonds. The Labute approximate surface area is 100 Å². The molecule has 3 nitrogen and oxygen atoms in total. The molecule has 0 aromatic carbocycles. The van der Waals surface area contributed by atoms with Gasteiger partial charge in [-0.2, -0.15) is 0 Å².